The van der Waals surface area contributed by atoms with Crippen LogP contribution in [-0.2, 0) is 19.0 Å². The minimum absolute atomic E-state index is 0.0223. The molecule has 0 aromatic carbocycles. The SMILES string of the molecule is CC(C)C[C@@H]1CCO[C@H]2C(C(=O)N[C@@H]3C/C=C\C[C@@H](CN)S[C@H]4O[C@H]3[C@H](O)[C@H](O)[C@H]4O)N(C(=O)OC(C)(C)C)C[C@@H]2C1. The molecule has 11 nitrogen and oxygen atoms in total. The number of carbonyl (C=O) groups excluding carboxylic acids is 2. The molecule has 3 saturated heterocycles. The van der Waals surface area contributed by atoms with Crippen LogP contribution in [-0.4, -0.2) is 111 Å². The summed E-state index contributed by atoms with van der Waals surface area (Å²) in [7, 11) is 0. The number of aliphatic hydroxyl groups is 3. The van der Waals surface area contributed by atoms with Gasteiger partial charge in [-0.15, -0.1) is 11.8 Å². The highest BCUT2D eigenvalue weighted by atomic mass is 32.2. The number of nitrogens with two attached hydrogens (primary N) is 1. The van der Waals surface area contributed by atoms with Gasteiger partial charge in [-0.3, -0.25) is 9.69 Å². The highest BCUT2D eigenvalue weighted by Gasteiger charge is 2.53. The molecule has 4 aliphatic rings. The zero-order valence-electron chi connectivity index (χ0n) is 25.6. The number of ether oxygens (including phenoxy) is 3. The first-order chi connectivity index (χ1) is 19.8. The molecule has 240 valence electrons. The van der Waals surface area contributed by atoms with Crippen LogP contribution in [0.5, 0.6) is 0 Å². The van der Waals surface area contributed by atoms with Crippen molar-refractivity contribution in [1.82, 2.24) is 10.2 Å². The van der Waals surface area contributed by atoms with Gasteiger partial charge in [-0.1, -0.05) is 26.0 Å². The molecule has 0 aromatic rings. The third kappa shape index (κ3) is 7.99. The number of thioether (sulfide) groups is 1. The van der Waals surface area contributed by atoms with Crippen LogP contribution in [0.3, 0.4) is 0 Å². The molecule has 4 rings (SSSR count). The summed E-state index contributed by atoms with van der Waals surface area (Å²) in [6.07, 6.45) is 1.37. The fourth-order valence-electron chi connectivity index (χ4n) is 6.69. The van der Waals surface area contributed by atoms with E-state index in [0.717, 1.165) is 19.3 Å². The predicted octanol–water partition coefficient (Wildman–Crippen LogP) is 1.77. The zero-order chi connectivity index (χ0) is 30.8. The number of nitrogens with zero attached hydrogens (tertiary/aromatic N) is 1. The first kappa shape index (κ1) is 33.5. The number of hydrogen-bond donors (Lipinski definition) is 5. The summed E-state index contributed by atoms with van der Waals surface area (Å²) in [5.41, 5.74) is 4.34. The highest BCUT2D eigenvalue weighted by molar-refractivity contribution is 8.00. The van der Waals surface area contributed by atoms with Gasteiger partial charge in [-0.05, 0) is 64.7 Å². The third-order valence-corrected chi connectivity index (χ3v) is 10.0. The summed E-state index contributed by atoms with van der Waals surface area (Å²) in [6, 6.07) is -1.66. The third-order valence-electron chi connectivity index (χ3n) is 8.59. The van der Waals surface area contributed by atoms with Crippen molar-refractivity contribution in [2.75, 3.05) is 19.7 Å². The van der Waals surface area contributed by atoms with Gasteiger partial charge in [-0.2, -0.15) is 0 Å². The molecule has 42 heavy (non-hydrogen) atoms. The summed E-state index contributed by atoms with van der Waals surface area (Å²) in [5.74, 6) is 0.529. The van der Waals surface area contributed by atoms with E-state index in [-0.39, 0.29) is 11.2 Å². The second-order valence-electron chi connectivity index (χ2n) is 13.7. The largest absolute Gasteiger partial charge is 0.444 e. The average Bonchev–Trinajstić information content (AvgIpc) is 3.15. The Bertz CT molecular complexity index is 961. The number of rotatable bonds is 5. The normalized spacial score (nSPS) is 40.1. The van der Waals surface area contributed by atoms with Crippen molar-refractivity contribution in [2.24, 2.45) is 23.5 Å². The summed E-state index contributed by atoms with van der Waals surface area (Å²) < 4.78 is 18.2. The van der Waals surface area contributed by atoms with Crippen LogP contribution in [0.1, 0.15) is 66.7 Å². The number of aliphatic hydroxyl groups excluding tert-OH is 3. The van der Waals surface area contributed by atoms with Crippen LogP contribution in [0.4, 0.5) is 4.79 Å². The van der Waals surface area contributed by atoms with Crippen LogP contribution in [0.2, 0.25) is 0 Å². The van der Waals surface area contributed by atoms with Crippen molar-refractivity contribution >= 4 is 23.8 Å². The number of amides is 2. The van der Waals surface area contributed by atoms with Crippen LogP contribution in [0, 0.1) is 17.8 Å². The number of carbonyl (C=O) groups is 2. The molecule has 2 bridgehead atoms. The topological polar surface area (TPSA) is 164 Å². The molecule has 11 atom stereocenters. The Hall–Kier alpha value is -1.41. The van der Waals surface area contributed by atoms with Crippen molar-refractivity contribution < 1.29 is 39.1 Å². The molecule has 2 amide bonds. The standard InChI is InChI=1S/C30H51N3O8S/c1-16(2)12-17-10-11-39-25-18(13-17)15-33(29(38)41-30(3,4)5)21(25)27(37)32-20-9-7-6-8-19(14-31)42-28-24(36)22(34)23(35)26(20)40-28/h6-7,16-26,28,34-36H,8-15,31H2,1-5H3,(H,32,37)/b7-6-/t17-,18-,19-,20+,21?,22-,23+,24+,25+,26+,28+/m0/s1. The van der Waals surface area contributed by atoms with Gasteiger partial charge in [0, 0.05) is 30.9 Å². The Labute approximate surface area is 253 Å². The summed E-state index contributed by atoms with van der Waals surface area (Å²) >= 11 is 1.31. The van der Waals surface area contributed by atoms with Crippen molar-refractivity contribution in [1.29, 1.82) is 0 Å². The number of fused-ring (bicyclic) bond motifs is 3. The van der Waals surface area contributed by atoms with Gasteiger partial charge in [0.1, 0.15) is 41.5 Å². The molecule has 12 heteroatoms. The minimum atomic E-state index is -1.46. The van der Waals surface area contributed by atoms with E-state index in [0.29, 0.717) is 44.4 Å². The Kier molecular flexibility index (Phi) is 11.3. The lowest BCUT2D eigenvalue weighted by molar-refractivity contribution is -0.205. The van der Waals surface area contributed by atoms with Gasteiger partial charge >= 0.3 is 6.09 Å². The zero-order valence-corrected chi connectivity index (χ0v) is 26.4. The molecule has 3 fully saturated rings. The van der Waals surface area contributed by atoms with E-state index in [2.05, 4.69) is 19.2 Å². The first-order valence-corrected chi connectivity index (χ1v) is 16.3. The van der Waals surface area contributed by atoms with Gasteiger partial charge in [0.05, 0.1) is 12.1 Å². The van der Waals surface area contributed by atoms with E-state index in [1.165, 1.54) is 16.7 Å². The smallest absolute Gasteiger partial charge is 0.411 e. The quantitative estimate of drug-likeness (QED) is 0.289. The lowest BCUT2D eigenvalue weighted by atomic mass is 9.85. The number of likely N-dealkylation sites (tertiary alicyclic amines) is 1. The maximum atomic E-state index is 14.1. The molecule has 0 spiro atoms. The fourth-order valence-corrected chi connectivity index (χ4v) is 7.91. The Balaban J connectivity index is 1.60. The van der Waals surface area contributed by atoms with Gasteiger partial charge in [0.25, 0.3) is 0 Å². The molecule has 4 aliphatic heterocycles. The van der Waals surface area contributed by atoms with Gasteiger partial charge in [0.2, 0.25) is 5.91 Å². The average molecular weight is 614 g/mol. The van der Waals surface area contributed by atoms with E-state index in [1.54, 1.807) is 20.8 Å². The van der Waals surface area contributed by atoms with Crippen molar-refractivity contribution in [3.05, 3.63) is 12.2 Å². The first-order valence-electron chi connectivity index (χ1n) is 15.4. The second kappa shape index (κ2) is 14.1. The van der Waals surface area contributed by atoms with E-state index >= 15 is 0 Å². The van der Waals surface area contributed by atoms with Crippen molar-refractivity contribution in [3.8, 4) is 0 Å². The van der Waals surface area contributed by atoms with Crippen LogP contribution < -0.4 is 11.1 Å². The lowest BCUT2D eigenvalue weighted by Gasteiger charge is -2.44. The van der Waals surface area contributed by atoms with E-state index in [9.17, 15) is 24.9 Å². The molecule has 0 aromatic heterocycles. The molecule has 0 radical (unpaired) electrons. The molecule has 6 N–H and O–H groups in total. The van der Waals surface area contributed by atoms with Gasteiger partial charge in [0.15, 0.2) is 0 Å². The molecule has 0 aliphatic carbocycles. The monoisotopic (exact) mass is 613 g/mol. The minimum Gasteiger partial charge on any atom is -0.444 e. The molecule has 4 heterocycles. The van der Waals surface area contributed by atoms with Gasteiger partial charge < -0.3 is 40.6 Å². The molecule has 1 unspecified atom stereocenters. The Morgan fingerprint density at radius 2 is 1.83 bits per heavy atom. The number of nitrogens with one attached hydrogen (secondary N) is 1. The Morgan fingerprint density at radius 3 is 2.50 bits per heavy atom. The van der Waals surface area contributed by atoms with Crippen LogP contribution in [0.25, 0.3) is 0 Å². The second-order valence-corrected chi connectivity index (χ2v) is 15.1. The number of allylic oxidation sites excluding steroid dienone is 1. The van der Waals surface area contributed by atoms with E-state index in [1.807, 2.05) is 12.2 Å². The summed E-state index contributed by atoms with van der Waals surface area (Å²) in [4.78, 5) is 29.1. The maximum Gasteiger partial charge on any atom is 0.411 e. The molecule has 0 saturated carbocycles. The lowest BCUT2D eigenvalue weighted by Crippen LogP contribution is -2.64. The highest BCUT2D eigenvalue weighted by Crippen LogP contribution is 2.39. The number of hydrogen-bond acceptors (Lipinski definition) is 10. The predicted molar refractivity (Wildman–Crippen MR) is 160 cm³/mol. The maximum absolute atomic E-state index is 14.1. The molecular weight excluding hydrogens is 562 g/mol. The summed E-state index contributed by atoms with van der Waals surface area (Å²) in [5, 5.41) is 35.3. The van der Waals surface area contributed by atoms with Crippen LogP contribution >= 0.6 is 11.8 Å². The molecular formula is C30H51N3O8S. The summed E-state index contributed by atoms with van der Waals surface area (Å²) in [6.45, 7) is 11.0. The van der Waals surface area contributed by atoms with Crippen LogP contribution in [0.15, 0.2) is 12.2 Å². The van der Waals surface area contributed by atoms with E-state index in [4.69, 9.17) is 19.9 Å². The van der Waals surface area contributed by atoms with Gasteiger partial charge in [-0.25, -0.2) is 4.79 Å². The van der Waals surface area contributed by atoms with E-state index < -0.39 is 65.6 Å². The Morgan fingerprint density at radius 1 is 1.12 bits per heavy atom. The van der Waals surface area contributed by atoms with Crippen molar-refractivity contribution in [2.45, 2.75) is 126 Å². The fraction of sp³-hybridized carbons (Fsp3) is 0.867. The van der Waals surface area contributed by atoms with Crippen molar-refractivity contribution in [3.63, 3.8) is 0 Å².